The van der Waals surface area contributed by atoms with Crippen molar-refractivity contribution in [2.24, 2.45) is 0 Å². The lowest BCUT2D eigenvalue weighted by Gasteiger charge is -2.17. The summed E-state index contributed by atoms with van der Waals surface area (Å²) >= 11 is 6.26. The van der Waals surface area contributed by atoms with Gasteiger partial charge in [-0.15, -0.1) is 10.2 Å². The van der Waals surface area contributed by atoms with E-state index >= 15 is 0 Å². The molecule has 0 aliphatic carbocycles. The second-order valence-corrected chi connectivity index (χ2v) is 7.48. The van der Waals surface area contributed by atoms with Gasteiger partial charge in [-0.05, 0) is 42.3 Å². The standard InChI is InChI=1S/C24H21ClN4O3/c1-15-12-13-20(31-2)19(14-15)26-24(30)27-21(16-8-4-3-5-9-16)23-29-28-22(32-23)17-10-6-7-11-18(17)25/h3-14,21H,1-2H3,(H2,26,27,30)/t21-/m0/s1. The Hall–Kier alpha value is -3.84. The minimum absolute atomic E-state index is 0.234. The van der Waals surface area contributed by atoms with E-state index in [9.17, 15) is 4.79 Å². The number of carbonyl (C=O) groups excluding carboxylic acids is 1. The van der Waals surface area contributed by atoms with Crippen LogP contribution in [0.2, 0.25) is 5.02 Å². The largest absolute Gasteiger partial charge is 0.495 e. The first-order valence-electron chi connectivity index (χ1n) is 9.90. The fraction of sp³-hybridized carbons (Fsp3) is 0.125. The highest BCUT2D eigenvalue weighted by Gasteiger charge is 2.24. The zero-order valence-electron chi connectivity index (χ0n) is 17.5. The predicted octanol–water partition coefficient (Wildman–Crippen LogP) is 5.62. The number of nitrogens with zero attached hydrogens (tertiary/aromatic N) is 2. The Morgan fingerprint density at radius 3 is 2.53 bits per heavy atom. The second-order valence-electron chi connectivity index (χ2n) is 7.07. The van der Waals surface area contributed by atoms with Gasteiger partial charge in [0.1, 0.15) is 11.8 Å². The van der Waals surface area contributed by atoms with Crippen molar-refractivity contribution in [1.82, 2.24) is 15.5 Å². The number of aryl methyl sites for hydroxylation is 1. The summed E-state index contributed by atoms with van der Waals surface area (Å²) in [7, 11) is 1.55. The van der Waals surface area contributed by atoms with Crippen LogP contribution < -0.4 is 15.4 Å². The van der Waals surface area contributed by atoms with E-state index in [4.69, 9.17) is 20.8 Å². The maximum Gasteiger partial charge on any atom is 0.320 e. The minimum Gasteiger partial charge on any atom is -0.495 e. The van der Waals surface area contributed by atoms with Crippen molar-refractivity contribution in [3.05, 3.63) is 94.8 Å². The van der Waals surface area contributed by atoms with Gasteiger partial charge < -0.3 is 19.8 Å². The number of methoxy groups -OCH3 is 1. The lowest BCUT2D eigenvalue weighted by Crippen LogP contribution is -2.33. The molecule has 162 valence electrons. The van der Waals surface area contributed by atoms with Gasteiger partial charge in [-0.1, -0.05) is 60.1 Å². The van der Waals surface area contributed by atoms with Crippen molar-refractivity contribution in [2.75, 3.05) is 12.4 Å². The highest BCUT2D eigenvalue weighted by atomic mass is 35.5. The first-order valence-corrected chi connectivity index (χ1v) is 10.3. The molecular weight excluding hydrogens is 428 g/mol. The van der Waals surface area contributed by atoms with Crippen LogP contribution in [0.25, 0.3) is 11.5 Å². The van der Waals surface area contributed by atoms with Gasteiger partial charge >= 0.3 is 6.03 Å². The van der Waals surface area contributed by atoms with E-state index in [1.54, 1.807) is 25.3 Å². The lowest BCUT2D eigenvalue weighted by molar-refractivity contribution is 0.248. The Kier molecular flexibility index (Phi) is 6.37. The molecule has 7 nitrogen and oxygen atoms in total. The summed E-state index contributed by atoms with van der Waals surface area (Å²) in [5, 5.41) is 14.6. The van der Waals surface area contributed by atoms with E-state index in [1.165, 1.54) is 0 Å². The molecule has 8 heteroatoms. The SMILES string of the molecule is COc1ccc(C)cc1NC(=O)N[C@@H](c1ccccc1)c1nnc(-c2ccccc2Cl)o1. The fourth-order valence-corrected chi connectivity index (χ4v) is 3.45. The Balaban J connectivity index is 1.62. The van der Waals surface area contributed by atoms with Crippen LogP contribution in [0.4, 0.5) is 10.5 Å². The van der Waals surface area contributed by atoms with Crippen LogP contribution in [0.5, 0.6) is 5.75 Å². The summed E-state index contributed by atoms with van der Waals surface area (Å²) in [6.45, 7) is 1.93. The van der Waals surface area contributed by atoms with Crippen LogP contribution in [0.1, 0.15) is 23.1 Å². The van der Waals surface area contributed by atoms with Crippen LogP contribution in [0.3, 0.4) is 0 Å². The molecule has 0 radical (unpaired) electrons. The molecule has 0 unspecified atom stereocenters. The van der Waals surface area contributed by atoms with Crippen molar-refractivity contribution in [1.29, 1.82) is 0 Å². The van der Waals surface area contributed by atoms with Gasteiger partial charge in [0.15, 0.2) is 0 Å². The van der Waals surface area contributed by atoms with Gasteiger partial charge in [-0.25, -0.2) is 4.79 Å². The van der Waals surface area contributed by atoms with Gasteiger partial charge in [0.2, 0.25) is 11.8 Å². The summed E-state index contributed by atoms with van der Waals surface area (Å²) in [5.41, 5.74) is 2.95. The number of hydrogen-bond acceptors (Lipinski definition) is 5. The number of anilines is 1. The topological polar surface area (TPSA) is 89.3 Å². The van der Waals surface area contributed by atoms with E-state index in [2.05, 4.69) is 20.8 Å². The number of hydrogen-bond donors (Lipinski definition) is 2. The zero-order valence-corrected chi connectivity index (χ0v) is 18.3. The van der Waals surface area contributed by atoms with E-state index in [-0.39, 0.29) is 11.8 Å². The average molecular weight is 449 g/mol. The maximum atomic E-state index is 12.9. The van der Waals surface area contributed by atoms with Crippen molar-refractivity contribution in [3.8, 4) is 17.2 Å². The number of urea groups is 1. The van der Waals surface area contributed by atoms with Crippen molar-refractivity contribution in [2.45, 2.75) is 13.0 Å². The Bertz CT molecular complexity index is 1230. The summed E-state index contributed by atoms with van der Waals surface area (Å²) in [4.78, 5) is 12.9. The predicted molar refractivity (Wildman–Crippen MR) is 123 cm³/mol. The second kappa shape index (κ2) is 9.53. The summed E-state index contributed by atoms with van der Waals surface area (Å²) < 4.78 is 11.3. The Labute approximate surface area is 190 Å². The van der Waals surface area contributed by atoms with Crippen molar-refractivity contribution < 1.29 is 13.9 Å². The summed E-state index contributed by atoms with van der Waals surface area (Å²) in [6, 6.07) is 21.0. The molecule has 4 rings (SSSR count). The summed E-state index contributed by atoms with van der Waals surface area (Å²) in [5.74, 6) is 1.06. The Morgan fingerprint density at radius 1 is 1.03 bits per heavy atom. The van der Waals surface area contributed by atoms with Crippen LogP contribution in [0, 0.1) is 6.92 Å². The lowest BCUT2D eigenvalue weighted by atomic mass is 10.1. The molecule has 2 N–H and O–H groups in total. The summed E-state index contributed by atoms with van der Waals surface area (Å²) in [6.07, 6.45) is 0. The smallest absolute Gasteiger partial charge is 0.320 e. The van der Waals surface area contributed by atoms with Crippen LogP contribution >= 0.6 is 11.6 Å². The molecule has 0 aliphatic rings. The molecule has 3 aromatic carbocycles. The first kappa shape index (κ1) is 21.4. The van der Waals surface area contributed by atoms with Crippen LogP contribution in [-0.4, -0.2) is 23.3 Å². The van der Waals surface area contributed by atoms with E-state index in [1.807, 2.05) is 61.5 Å². The number of halogens is 1. The number of nitrogens with one attached hydrogen (secondary N) is 2. The number of ether oxygens (including phenoxy) is 1. The molecule has 0 fully saturated rings. The van der Waals surface area contributed by atoms with E-state index < -0.39 is 12.1 Å². The van der Waals surface area contributed by atoms with Crippen LogP contribution in [0.15, 0.2) is 77.2 Å². The minimum atomic E-state index is -0.671. The number of amides is 2. The highest BCUT2D eigenvalue weighted by Crippen LogP contribution is 2.30. The third-order valence-electron chi connectivity index (χ3n) is 4.80. The molecule has 1 aromatic heterocycles. The third-order valence-corrected chi connectivity index (χ3v) is 5.13. The van der Waals surface area contributed by atoms with E-state index in [0.717, 1.165) is 11.1 Å². The molecule has 0 spiro atoms. The molecule has 4 aromatic rings. The van der Waals surface area contributed by atoms with Gasteiger partial charge in [0.05, 0.1) is 23.4 Å². The first-order chi connectivity index (χ1) is 15.5. The molecule has 0 saturated heterocycles. The monoisotopic (exact) mass is 448 g/mol. The van der Waals surface area contributed by atoms with Gasteiger partial charge in [0.25, 0.3) is 0 Å². The fourth-order valence-electron chi connectivity index (χ4n) is 3.24. The number of rotatable bonds is 6. The third kappa shape index (κ3) is 4.73. The zero-order chi connectivity index (χ0) is 22.5. The molecular formula is C24H21ClN4O3. The number of benzene rings is 3. The molecule has 0 saturated carbocycles. The molecule has 1 heterocycles. The van der Waals surface area contributed by atoms with Gasteiger partial charge in [-0.3, -0.25) is 0 Å². The van der Waals surface area contributed by atoms with E-state index in [0.29, 0.717) is 22.0 Å². The molecule has 32 heavy (non-hydrogen) atoms. The highest BCUT2D eigenvalue weighted by molar-refractivity contribution is 6.33. The maximum absolute atomic E-state index is 12.9. The van der Waals surface area contributed by atoms with Crippen molar-refractivity contribution >= 4 is 23.3 Å². The van der Waals surface area contributed by atoms with Gasteiger partial charge in [0, 0.05) is 0 Å². The van der Waals surface area contributed by atoms with Gasteiger partial charge in [-0.2, -0.15) is 0 Å². The molecule has 0 aliphatic heterocycles. The normalized spacial score (nSPS) is 11.6. The van der Waals surface area contributed by atoms with Crippen molar-refractivity contribution in [3.63, 3.8) is 0 Å². The average Bonchev–Trinajstić information content (AvgIpc) is 3.28. The molecule has 1 atom stereocenters. The molecule has 0 bridgehead atoms. The number of aromatic nitrogens is 2. The quantitative estimate of drug-likeness (QED) is 0.399. The number of carbonyl (C=O) groups is 1. The van der Waals surface area contributed by atoms with Crippen LogP contribution in [-0.2, 0) is 0 Å². The Morgan fingerprint density at radius 2 is 1.78 bits per heavy atom. The molecule has 2 amide bonds.